The molecule has 0 aliphatic heterocycles. The van der Waals surface area contributed by atoms with Crippen LogP contribution in [-0.4, -0.2) is 4.98 Å². The largest absolute Gasteiger partial charge is 0.398 e. The van der Waals surface area contributed by atoms with Gasteiger partial charge in [-0.2, -0.15) is 0 Å². The Hall–Kier alpha value is -0.520. The van der Waals surface area contributed by atoms with E-state index in [1.165, 1.54) is 0 Å². The lowest BCUT2D eigenvalue weighted by Crippen LogP contribution is -1.87. The van der Waals surface area contributed by atoms with Crippen molar-refractivity contribution in [3.8, 4) is 0 Å². The number of nitrogens with two attached hydrogens (primary N) is 1. The second-order valence-corrected chi connectivity index (χ2v) is 6.10. The fourth-order valence-corrected chi connectivity index (χ4v) is 3.46. The molecule has 0 unspecified atom stereocenters. The van der Waals surface area contributed by atoms with Gasteiger partial charge < -0.3 is 5.73 Å². The third-order valence-corrected chi connectivity index (χ3v) is 4.39. The predicted molar refractivity (Wildman–Crippen MR) is 69.5 cm³/mol. The number of benzene rings is 1. The summed E-state index contributed by atoms with van der Waals surface area (Å²) in [4.78, 5) is 5.43. The number of rotatable bonds is 2. The molecule has 2 aromatic rings. The molecule has 1 aromatic carbocycles. The highest BCUT2D eigenvalue weighted by Crippen LogP contribution is 2.35. The Morgan fingerprint density at radius 3 is 2.93 bits per heavy atom. The molecule has 2 rings (SSSR count). The van der Waals surface area contributed by atoms with Crippen molar-refractivity contribution in [1.82, 2.24) is 4.98 Å². The molecule has 0 bridgehead atoms. The van der Waals surface area contributed by atoms with Gasteiger partial charge in [-0.05, 0) is 25.1 Å². The molecule has 2 nitrogen and oxygen atoms in total. The number of hydrogen-bond donors (Lipinski definition) is 1. The maximum absolute atomic E-state index is 5.88. The summed E-state index contributed by atoms with van der Waals surface area (Å²) >= 11 is 6.67. The number of nitrogens with zero attached hydrogens (tertiary/aromatic N) is 1. The van der Waals surface area contributed by atoms with E-state index in [0.717, 1.165) is 25.1 Å². The quantitative estimate of drug-likeness (QED) is 0.854. The van der Waals surface area contributed by atoms with Gasteiger partial charge in [-0.3, -0.25) is 0 Å². The molecule has 5 heteroatoms. The fourth-order valence-electron chi connectivity index (χ4n) is 1.07. The van der Waals surface area contributed by atoms with Gasteiger partial charge in [0.1, 0.15) is 0 Å². The van der Waals surface area contributed by atoms with E-state index < -0.39 is 0 Å². The molecule has 0 radical (unpaired) electrons. The lowest BCUT2D eigenvalue weighted by atomic mass is 10.3. The van der Waals surface area contributed by atoms with Crippen molar-refractivity contribution in [2.75, 3.05) is 5.73 Å². The van der Waals surface area contributed by atoms with Crippen molar-refractivity contribution in [1.29, 1.82) is 0 Å². The van der Waals surface area contributed by atoms with Crippen molar-refractivity contribution in [2.45, 2.75) is 16.2 Å². The van der Waals surface area contributed by atoms with Gasteiger partial charge in [0.15, 0.2) is 4.34 Å². The normalized spacial score (nSPS) is 10.5. The number of halogens is 1. The van der Waals surface area contributed by atoms with Gasteiger partial charge in [0, 0.05) is 26.1 Å². The molecule has 0 fully saturated rings. The van der Waals surface area contributed by atoms with Crippen LogP contribution in [0.4, 0.5) is 5.69 Å². The second kappa shape index (κ2) is 4.55. The molecule has 0 amide bonds. The predicted octanol–water partition coefficient (Wildman–Crippen LogP) is 3.95. The Morgan fingerprint density at radius 2 is 2.27 bits per heavy atom. The Bertz CT molecular complexity index is 482. The second-order valence-electron chi connectivity index (χ2n) is 3.04. The maximum atomic E-state index is 5.88. The Balaban J connectivity index is 2.27. The first-order chi connectivity index (χ1) is 7.15. The molecule has 0 spiro atoms. The molecule has 15 heavy (non-hydrogen) atoms. The Kier molecular flexibility index (Phi) is 3.33. The summed E-state index contributed by atoms with van der Waals surface area (Å²) in [5.74, 6) is 0. The van der Waals surface area contributed by atoms with Crippen LogP contribution in [0.2, 0.25) is 0 Å². The van der Waals surface area contributed by atoms with Gasteiger partial charge in [-0.25, -0.2) is 4.98 Å². The van der Waals surface area contributed by atoms with Gasteiger partial charge in [-0.1, -0.05) is 27.7 Å². The number of aryl methyl sites for hydroxylation is 1. The molecule has 0 aliphatic carbocycles. The minimum atomic E-state index is 0.788. The third kappa shape index (κ3) is 2.74. The number of hydrogen-bond acceptors (Lipinski definition) is 4. The molecule has 1 aromatic heterocycles. The van der Waals surface area contributed by atoms with Gasteiger partial charge in [0.05, 0.1) is 0 Å². The zero-order valence-electron chi connectivity index (χ0n) is 8.03. The van der Waals surface area contributed by atoms with Crippen molar-refractivity contribution < 1.29 is 0 Å². The molecule has 1 heterocycles. The zero-order valence-corrected chi connectivity index (χ0v) is 11.2. The molecular weight excluding hydrogens is 292 g/mol. The number of nitrogen functional groups attached to an aromatic ring is 1. The van der Waals surface area contributed by atoms with Gasteiger partial charge in [0.25, 0.3) is 0 Å². The van der Waals surface area contributed by atoms with Gasteiger partial charge in [0.2, 0.25) is 0 Å². The van der Waals surface area contributed by atoms with Gasteiger partial charge in [-0.15, -0.1) is 11.3 Å². The van der Waals surface area contributed by atoms with Crippen molar-refractivity contribution in [2.24, 2.45) is 0 Å². The molecule has 0 atom stereocenters. The van der Waals surface area contributed by atoms with Crippen LogP contribution in [0.5, 0.6) is 0 Å². The zero-order chi connectivity index (χ0) is 10.8. The van der Waals surface area contributed by atoms with Crippen LogP contribution < -0.4 is 5.73 Å². The van der Waals surface area contributed by atoms with Crippen LogP contribution in [0, 0.1) is 6.92 Å². The van der Waals surface area contributed by atoms with E-state index in [9.17, 15) is 0 Å². The molecule has 78 valence electrons. The van der Waals surface area contributed by atoms with Gasteiger partial charge >= 0.3 is 0 Å². The van der Waals surface area contributed by atoms with E-state index in [2.05, 4.69) is 20.9 Å². The van der Waals surface area contributed by atoms with E-state index in [1.807, 2.05) is 30.5 Å². The third-order valence-electron chi connectivity index (χ3n) is 1.77. The summed E-state index contributed by atoms with van der Waals surface area (Å²) in [5, 5.41) is 2.04. The first-order valence-corrected chi connectivity index (χ1v) is 6.79. The van der Waals surface area contributed by atoms with Crippen LogP contribution >= 0.6 is 39.0 Å². The van der Waals surface area contributed by atoms with Crippen LogP contribution in [0.25, 0.3) is 0 Å². The van der Waals surface area contributed by atoms with Crippen molar-refractivity contribution >= 4 is 44.7 Å². The van der Waals surface area contributed by atoms with E-state index in [1.54, 1.807) is 23.1 Å². The summed E-state index contributed by atoms with van der Waals surface area (Å²) in [6.45, 7) is 1.99. The Labute approximate surface area is 105 Å². The standard InChI is InChI=1S/C10H9BrN2S2/c1-6-5-14-10(13-6)15-9-4-7(11)2-3-8(9)12/h2-5H,12H2,1H3. The topological polar surface area (TPSA) is 38.9 Å². The van der Waals surface area contributed by atoms with Crippen molar-refractivity contribution in [3.05, 3.63) is 33.7 Å². The number of anilines is 1. The SMILES string of the molecule is Cc1csc(Sc2cc(Br)ccc2N)n1. The monoisotopic (exact) mass is 300 g/mol. The van der Waals surface area contributed by atoms with E-state index in [-0.39, 0.29) is 0 Å². The Morgan fingerprint density at radius 1 is 1.47 bits per heavy atom. The van der Waals surface area contributed by atoms with Crippen LogP contribution in [-0.2, 0) is 0 Å². The van der Waals surface area contributed by atoms with Crippen molar-refractivity contribution in [3.63, 3.8) is 0 Å². The highest BCUT2D eigenvalue weighted by Gasteiger charge is 2.05. The summed E-state index contributed by atoms with van der Waals surface area (Å²) in [5.41, 5.74) is 7.72. The average Bonchev–Trinajstić information content (AvgIpc) is 2.58. The first-order valence-electron chi connectivity index (χ1n) is 4.30. The van der Waals surface area contributed by atoms with E-state index in [4.69, 9.17) is 5.73 Å². The van der Waals surface area contributed by atoms with Crippen LogP contribution in [0.15, 0.2) is 37.3 Å². The lowest BCUT2D eigenvalue weighted by molar-refractivity contribution is 1.16. The molecule has 2 N–H and O–H groups in total. The molecule has 0 saturated heterocycles. The highest BCUT2D eigenvalue weighted by molar-refractivity contribution is 9.10. The van der Waals surface area contributed by atoms with E-state index >= 15 is 0 Å². The minimum Gasteiger partial charge on any atom is -0.398 e. The van der Waals surface area contributed by atoms with Crippen LogP contribution in [0.3, 0.4) is 0 Å². The maximum Gasteiger partial charge on any atom is 0.154 e. The highest BCUT2D eigenvalue weighted by atomic mass is 79.9. The summed E-state index contributed by atoms with van der Waals surface area (Å²) in [7, 11) is 0. The summed E-state index contributed by atoms with van der Waals surface area (Å²) in [6, 6.07) is 5.84. The summed E-state index contributed by atoms with van der Waals surface area (Å²) in [6.07, 6.45) is 0. The molecular formula is C10H9BrN2S2. The number of thiazole rings is 1. The smallest absolute Gasteiger partial charge is 0.154 e. The lowest BCUT2D eigenvalue weighted by Gasteiger charge is -2.02. The van der Waals surface area contributed by atoms with E-state index in [0.29, 0.717) is 0 Å². The number of aromatic nitrogens is 1. The minimum absolute atomic E-state index is 0.788. The fraction of sp³-hybridized carbons (Fsp3) is 0.100. The average molecular weight is 301 g/mol. The molecule has 0 aliphatic rings. The van der Waals surface area contributed by atoms with Crippen LogP contribution in [0.1, 0.15) is 5.69 Å². The molecule has 0 saturated carbocycles. The summed E-state index contributed by atoms with van der Waals surface area (Å²) < 4.78 is 2.06. The first kappa shape index (κ1) is 11.0.